The van der Waals surface area contributed by atoms with E-state index in [0.29, 0.717) is 70.2 Å². The molecular formula is C77H106GeN2O6S4. The Labute approximate surface area is 558 Å². The van der Waals surface area contributed by atoms with Gasteiger partial charge in [0.1, 0.15) is 11.3 Å². The Morgan fingerprint density at radius 2 is 0.911 bits per heavy atom. The fourth-order valence-electron chi connectivity index (χ4n) is 17.6. The first-order valence-corrected chi connectivity index (χ1v) is 44.3. The zero-order valence-corrected chi connectivity index (χ0v) is 62.0. The number of nitrogens with zero attached hydrogens (tertiary/aromatic N) is 2. The molecule has 6 aliphatic rings. The van der Waals surface area contributed by atoms with Crippen LogP contribution in [-0.4, -0.2) is 59.8 Å². The standard InChI is InChI=1S/C39H53NO3S2.C38H53GeNO3S2/c2*1-6-9-11-12-13-17-21-40-37(41)32-26(5)43-34(33(32)38(40)42)31-23-30-36(45-31)35-29(22-25(4)44-35)39(30,28-19-15-14-16-20-28)24-27(8-3)18-10-7-2/h2*22-23,27-28H,6-21,24H2,1-5H3. The minimum absolute atomic E-state index is 0.0213. The van der Waals surface area contributed by atoms with Gasteiger partial charge in [0.2, 0.25) is 0 Å². The van der Waals surface area contributed by atoms with Crippen LogP contribution in [0.2, 0.25) is 10.0 Å². The van der Waals surface area contributed by atoms with Gasteiger partial charge >= 0.3 is 263 Å². The predicted molar refractivity (Wildman–Crippen MR) is 382 cm³/mol. The molecule has 8 nitrogen and oxygen atoms in total. The topological polar surface area (TPSA) is 101 Å². The van der Waals surface area contributed by atoms with E-state index in [1.54, 1.807) is 25.7 Å². The molecule has 4 unspecified atom stereocenters. The Bertz CT molecular complexity index is 3270. The number of fused-ring (bicyclic) bond motifs is 8. The Morgan fingerprint density at radius 1 is 0.478 bits per heavy atom. The molecule has 12 rings (SSSR count). The molecule has 13 heteroatoms. The maximum Gasteiger partial charge on any atom is 0.265 e. The van der Waals surface area contributed by atoms with Crippen LogP contribution in [0.5, 0.6) is 0 Å². The largest absolute Gasteiger partial charge is 0.459 e. The molecule has 2 saturated carbocycles. The SMILES string of the molecule is CCCCCCCCN1C(=O)c2c(C)oc(-c3c[c]4c(s3)-c3sc(C)c[c]3[Ge]4([CH2]C(CC)CCCC)[CH]3CCCCC3)c2C1=O.CCCCCCCCN1C(=O)c2c(C)oc(-c3cc4c(s3)-c3sc(C)cc3C4(CC(CC)CCCC)C3CCCCC3)c2C1=O. The van der Waals surface area contributed by atoms with Gasteiger partial charge in [-0.1, -0.05) is 118 Å². The molecule has 2 fully saturated rings. The first kappa shape index (κ1) is 67.6. The maximum atomic E-state index is 13.9. The quantitative estimate of drug-likeness (QED) is 0.0253. The van der Waals surface area contributed by atoms with Gasteiger partial charge in [-0.2, -0.15) is 0 Å². The first-order chi connectivity index (χ1) is 43.7. The molecule has 6 aromatic heterocycles. The summed E-state index contributed by atoms with van der Waals surface area (Å²) in [5.74, 6) is 3.90. The van der Waals surface area contributed by atoms with E-state index < -0.39 is 13.3 Å². The number of amides is 4. The number of thiophene rings is 4. The summed E-state index contributed by atoms with van der Waals surface area (Å²) in [6, 6.07) is 10.0. The van der Waals surface area contributed by atoms with Crippen molar-refractivity contribution in [1.29, 1.82) is 0 Å². The number of carbonyl (C=O) groups excluding carboxylic acids is 4. The minimum Gasteiger partial charge on any atom is -0.459 e. The van der Waals surface area contributed by atoms with Crippen LogP contribution >= 0.6 is 45.3 Å². The van der Waals surface area contributed by atoms with Gasteiger partial charge in [0, 0.05) is 26.6 Å². The van der Waals surface area contributed by atoms with E-state index in [9.17, 15) is 19.2 Å². The van der Waals surface area contributed by atoms with Gasteiger partial charge in [-0.15, -0.1) is 22.7 Å². The average molecular weight is 1360 g/mol. The van der Waals surface area contributed by atoms with Gasteiger partial charge in [0.25, 0.3) is 11.8 Å². The molecular weight excluding hydrogens is 1250 g/mol. The zero-order valence-electron chi connectivity index (χ0n) is 56.6. The van der Waals surface area contributed by atoms with Crippen LogP contribution in [0.3, 0.4) is 0 Å². The first-order valence-electron chi connectivity index (χ1n) is 36.2. The van der Waals surface area contributed by atoms with Crippen LogP contribution in [0.25, 0.3) is 40.8 Å². The summed E-state index contributed by atoms with van der Waals surface area (Å²) in [5.41, 5.74) is 5.11. The van der Waals surface area contributed by atoms with E-state index in [-0.39, 0.29) is 29.0 Å². The minimum atomic E-state index is -2.81. The van der Waals surface area contributed by atoms with Crippen LogP contribution in [0.4, 0.5) is 0 Å². The van der Waals surface area contributed by atoms with Crippen LogP contribution in [0, 0.1) is 45.4 Å². The number of hydrogen-bond acceptors (Lipinski definition) is 10. The number of aryl methyl sites for hydroxylation is 4. The summed E-state index contributed by atoms with van der Waals surface area (Å²) in [5, 5.41) is 1.40. The second kappa shape index (κ2) is 29.9. The molecule has 0 saturated heterocycles. The number of hydrogen-bond donors (Lipinski definition) is 0. The van der Waals surface area contributed by atoms with E-state index in [2.05, 4.69) is 79.7 Å². The van der Waals surface area contributed by atoms with Crippen LogP contribution < -0.4 is 8.79 Å². The number of furan rings is 2. The van der Waals surface area contributed by atoms with Gasteiger partial charge in [-0.3, -0.25) is 14.5 Å². The number of imide groups is 2. The van der Waals surface area contributed by atoms with Crippen molar-refractivity contribution in [2.24, 2.45) is 17.8 Å². The van der Waals surface area contributed by atoms with Gasteiger partial charge in [0.15, 0.2) is 5.76 Å². The van der Waals surface area contributed by atoms with Crippen molar-refractivity contribution in [3.8, 4) is 40.8 Å². The summed E-state index contributed by atoms with van der Waals surface area (Å²) in [4.78, 5) is 68.6. The van der Waals surface area contributed by atoms with Crippen molar-refractivity contribution in [2.75, 3.05) is 13.1 Å². The Balaban J connectivity index is 0.000000185. The van der Waals surface area contributed by atoms with E-state index in [0.717, 1.165) is 52.5 Å². The molecule has 0 bridgehead atoms. The fraction of sp³-hybridized carbons (Fsp3) is 0.636. The van der Waals surface area contributed by atoms with Gasteiger partial charge in [-0.05, 0) is 74.6 Å². The van der Waals surface area contributed by atoms with Crippen molar-refractivity contribution in [1.82, 2.24) is 9.80 Å². The number of rotatable bonds is 30. The molecule has 3 aliphatic heterocycles. The maximum absolute atomic E-state index is 13.9. The van der Waals surface area contributed by atoms with Crippen molar-refractivity contribution >= 4 is 91.0 Å². The van der Waals surface area contributed by atoms with Crippen molar-refractivity contribution in [3.05, 3.63) is 78.9 Å². The Kier molecular flexibility index (Phi) is 22.4. The van der Waals surface area contributed by atoms with E-state index in [1.807, 2.05) is 47.9 Å². The second-order valence-electron chi connectivity index (χ2n) is 28.3. The predicted octanol–water partition coefficient (Wildman–Crippen LogP) is 22.8. The van der Waals surface area contributed by atoms with Crippen LogP contribution in [0.1, 0.15) is 314 Å². The summed E-state index contributed by atoms with van der Waals surface area (Å²) < 4.78 is 17.0. The molecule has 4 atom stereocenters. The molecule has 4 amide bonds. The van der Waals surface area contributed by atoms with Gasteiger partial charge in [-0.25, -0.2) is 0 Å². The molecule has 0 spiro atoms. The molecule has 0 N–H and O–H groups in total. The summed E-state index contributed by atoms with van der Waals surface area (Å²) in [6.07, 6.45) is 38.4. The van der Waals surface area contributed by atoms with Crippen molar-refractivity contribution < 1.29 is 28.0 Å². The number of carbonyl (C=O) groups is 4. The molecule has 0 aromatic carbocycles. The Hall–Kier alpha value is -3.82. The monoisotopic (exact) mass is 1360 g/mol. The zero-order chi connectivity index (χ0) is 63.4. The van der Waals surface area contributed by atoms with E-state index >= 15 is 0 Å². The molecule has 90 heavy (non-hydrogen) atoms. The smallest absolute Gasteiger partial charge is 0.265 e. The van der Waals surface area contributed by atoms with Crippen molar-refractivity contribution in [3.63, 3.8) is 0 Å². The van der Waals surface area contributed by atoms with Gasteiger partial charge < -0.3 is 4.42 Å². The molecule has 3 aliphatic carbocycles. The molecule has 0 radical (unpaired) electrons. The normalized spacial score (nSPS) is 20.2. The van der Waals surface area contributed by atoms with Gasteiger partial charge in [0.05, 0.1) is 10.4 Å². The summed E-state index contributed by atoms with van der Waals surface area (Å²) in [6.45, 7) is 23.2. The average Bonchev–Trinajstić information content (AvgIpc) is 1.54. The third kappa shape index (κ3) is 12.7. The van der Waals surface area contributed by atoms with Crippen molar-refractivity contribution in [2.45, 2.75) is 284 Å². The van der Waals surface area contributed by atoms with E-state index in [4.69, 9.17) is 8.83 Å². The summed E-state index contributed by atoms with van der Waals surface area (Å²) >= 11 is 4.77. The van der Waals surface area contributed by atoms with Crippen LogP contribution in [0.15, 0.2) is 33.1 Å². The fourth-order valence-corrected chi connectivity index (χ4v) is 39.5. The second-order valence-corrected chi connectivity index (χ2v) is 41.8. The third-order valence-corrected chi connectivity index (χ3v) is 40.2. The molecule has 6 aromatic rings. The number of unbranched alkanes of at least 4 members (excludes halogenated alkanes) is 12. The molecule has 9 heterocycles. The third-order valence-electron chi connectivity index (χ3n) is 22.3. The van der Waals surface area contributed by atoms with Crippen LogP contribution in [-0.2, 0) is 5.41 Å². The Morgan fingerprint density at radius 3 is 1.47 bits per heavy atom. The summed E-state index contributed by atoms with van der Waals surface area (Å²) in [7, 11) is 0. The van der Waals surface area contributed by atoms with E-state index in [1.165, 1.54) is 217 Å². The molecule has 488 valence electrons.